The number of hydrogen-bond acceptors (Lipinski definition) is 4. The molecule has 1 N–H and O–H groups in total. The molecular formula is C23H28N2O4. The molecule has 0 bridgehead atoms. The Morgan fingerprint density at radius 1 is 1.24 bits per heavy atom. The van der Waals surface area contributed by atoms with Gasteiger partial charge in [-0.2, -0.15) is 0 Å². The molecule has 6 heteroatoms. The minimum Gasteiger partial charge on any atom is -0.394 e. The summed E-state index contributed by atoms with van der Waals surface area (Å²) in [6.07, 6.45) is 4.07. The van der Waals surface area contributed by atoms with Gasteiger partial charge in [-0.05, 0) is 30.5 Å². The molecule has 29 heavy (non-hydrogen) atoms. The molecule has 3 fully saturated rings. The van der Waals surface area contributed by atoms with Crippen LogP contribution in [0.1, 0.15) is 42.7 Å². The predicted molar refractivity (Wildman–Crippen MR) is 108 cm³/mol. The number of fused-ring (bicyclic) bond motifs is 1. The Morgan fingerprint density at radius 3 is 2.62 bits per heavy atom. The molecule has 4 rings (SSSR count). The molecule has 1 saturated carbocycles. The van der Waals surface area contributed by atoms with Crippen LogP contribution in [0.2, 0.25) is 0 Å². The molecule has 2 aliphatic heterocycles. The molecule has 3 aliphatic rings. The second-order valence-electron chi connectivity index (χ2n) is 8.20. The van der Waals surface area contributed by atoms with Crippen LogP contribution in [0.15, 0.2) is 24.3 Å². The molecule has 0 aromatic heterocycles. The first-order valence-corrected chi connectivity index (χ1v) is 10.4. The van der Waals surface area contributed by atoms with E-state index in [1.54, 1.807) is 16.9 Å². The van der Waals surface area contributed by atoms with Crippen molar-refractivity contribution in [3.8, 4) is 11.8 Å². The average Bonchev–Trinajstić information content (AvgIpc) is 3.25. The van der Waals surface area contributed by atoms with Crippen LogP contribution in [-0.2, 0) is 14.3 Å². The molecule has 2 amide bonds. The smallest absolute Gasteiger partial charge is 0.242 e. The highest BCUT2D eigenvalue weighted by molar-refractivity contribution is 5.88. The average molecular weight is 396 g/mol. The van der Waals surface area contributed by atoms with E-state index in [9.17, 15) is 14.7 Å². The normalized spacial score (nSPS) is 26.6. The van der Waals surface area contributed by atoms with E-state index in [0.29, 0.717) is 13.2 Å². The van der Waals surface area contributed by atoms with Crippen LogP contribution in [-0.4, -0.2) is 72.2 Å². The van der Waals surface area contributed by atoms with Crippen LogP contribution >= 0.6 is 0 Å². The maximum Gasteiger partial charge on any atom is 0.242 e. The molecular weight excluding hydrogens is 368 g/mol. The topological polar surface area (TPSA) is 70.1 Å². The molecule has 2 saturated heterocycles. The first kappa shape index (κ1) is 19.9. The lowest BCUT2D eigenvalue weighted by Crippen LogP contribution is -2.73. The van der Waals surface area contributed by atoms with Crippen LogP contribution in [0.4, 0.5) is 0 Å². The van der Waals surface area contributed by atoms with Gasteiger partial charge in [-0.3, -0.25) is 9.59 Å². The number of carbonyl (C=O) groups excluding carboxylic acids is 2. The first-order valence-electron chi connectivity index (χ1n) is 10.4. The number of rotatable bonds is 4. The van der Waals surface area contributed by atoms with E-state index in [-0.39, 0.29) is 48.9 Å². The van der Waals surface area contributed by atoms with Crippen LogP contribution in [0, 0.1) is 17.8 Å². The van der Waals surface area contributed by atoms with Crippen molar-refractivity contribution in [3.63, 3.8) is 0 Å². The van der Waals surface area contributed by atoms with Crippen molar-refractivity contribution in [3.05, 3.63) is 35.4 Å². The molecule has 0 unspecified atom stereocenters. The van der Waals surface area contributed by atoms with Gasteiger partial charge in [0.25, 0.3) is 0 Å². The van der Waals surface area contributed by atoms with E-state index in [0.717, 1.165) is 36.8 Å². The highest BCUT2D eigenvalue weighted by Gasteiger charge is 2.54. The van der Waals surface area contributed by atoms with Crippen molar-refractivity contribution < 1.29 is 19.4 Å². The monoisotopic (exact) mass is 396 g/mol. The quantitative estimate of drug-likeness (QED) is 0.781. The van der Waals surface area contributed by atoms with Gasteiger partial charge in [0.15, 0.2) is 0 Å². The third kappa shape index (κ3) is 3.77. The van der Waals surface area contributed by atoms with Gasteiger partial charge < -0.3 is 19.6 Å². The second-order valence-corrected chi connectivity index (χ2v) is 8.20. The van der Waals surface area contributed by atoms with Gasteiger partial charge in [0.05, 0.1) is 25.2 Å². The van der Waals surface area contributed by atoms with Crippen molar-refractivity contribution in [1.29, 1.82) is 0 Å². The third-order valence-electron chi connectivity index (χ3n) is 6.51. The Morgan fingerprint density at radius 2 is 1.97 bits per heavy atom. The van der Waals surface area contributed by atoms with Gasteiger partial charge in [0.2, 0.25) is 11.8 Å². The van der Waals surface area contributed by atoms with Gasteiger partial charge in [-0.1, -0.05) is 36.8 Å². The molecule has 1 aromatic rings. The summed E-state index contributed by atoms with van der Waals surface area (Å²) in [4.78, 5) is 29.1. The molecule has 2 heterocycles. The maximum atomic E-state index is 12.9. The summed E-state index contributed by atoms with van der Waals surface area (Å²) >= 11 is 0. The Labute approximate surface area is 171 Å². The van der Waals surface area contributed by atoms with E-state index >= 15 is 0 Å². The fraction of sp³-hybridized carbons (Fsp3) is 0.565. The Balaban J connectivity index is 1.50. The van der Waals surface area contributed by atoms with Gasteiger partial charge in [-0.15, -0.1) is 0 Å². The number of hydrogen-bond donors (Lipinski definition) is 1. The maximum absolute atomic E-state index is 12.9. The van der Waals surface area contributed by atoms with Crippen molar-refractivity contribution >= 4 is 11.8 Å². The zero-order chi connectivity index (χ0) is 20.4. The molecule has 3 atom stereocenters. The molecule has 154 valence electrons. The summed E-state index contributed by atoms with van der Waals surface area (Å²) in [6.45, 7) is 1.01. The Bertz CT molecular complexity index is 820. The first-order chi connectivity index (χ1) is 14.1. The van der Waals surface area contributed by atoms with Gasteiger partial charge in [0, 0.05) is 31.1 Å². The number of nitrogens with zero attached hydrogens (tertiary/aromatic N) is 2. The Kier molecular flexibility index (Phi) is 5.89. The highest BCUT2D eigenvalue weighted by atomic mass is 16.5. The van der Waals surface area contributed by atoms with E-state index < -0.39 is 0 Å². The molecule has 0 radical (unpaired) electrons. The Hall–Kier alpha value is -2.36. The van der Waals surface area contributed by atoms with Crippen LogP contribution in [0.3, 0.4) is 0 Å². The van der Waals surface area contributed by atoms with Crippen molar-refractivity contribution in [2.24, 2.45) is 5.92 Å². The number of ether oxygens (including phenoxy) is 1. The largest absolute Gasteiger partial charge is 0.394 e. The van der Waals surface area contributed by atoms with Crippen LogP contribution < -0.4 is 0 Å². The van der Waals surface area contributed by atoms with E-state index in [4.69, 9.17) is 4.74 Å². The number of carbonyl (C=O) groups is 2. The lowest BCUT2D eigenvalue weighted by Gasteiger charge is -2.59. The minimum absolute atomic E-state index is 0.0316. The fourth-order valence-electron chi connectivity index (χ4n) is 5.10. The molecule has 1 aliphatic carbocycles. The van der Waals surface area contributed by atoms with Gasteiger partial charge in [0.1, 0.15) is 6.61 Å². The lowest BCUT2D eigenvalue weighted by atomic mass is 9.73. The molecule has 0 spiro atoms. The van der Waals surface area contributed by atoms with E-state index in [1.165, 1.54) is 0 Å². The number of methoxy groups -OCH3 is 1. The highest BCUT2D eigenvalue weighted by Crippen LogP contribution is 2.43. The minimum atomic E-state index is -0.221. The number of amides is 2. The summed E-state index contributed by atoms with van der Waals surface area (Å²) in [5, 5.41) is 9.91. The fourth-order valence-corrected chi connectivity index (χ4v) is 5.10. The number of aliphatic hydroxyl groups is 1. The lowest BCUT2D eigenvalue weighted by molar-refractivity contribution is -0.168. The summed E-state index contributed by atoms with van der Waals surface area (Å²) in [7, 11) is 1.61. The zero-order valence-electron chi connectivity index (χ0n) is 16.8. The second kappa shape index (κ2) is 8.56. The predicted octanol–water partition coefficient (Wildman–Crippen LogP) is 1.37. The number of piperazine rings is 1. The SMILES string of the molecule is COCC#Cc1ccc([C@@H]2[C@@H](CO)N3C(=O)CN(C(=O)C4CCCC4)C[C@H]23)cc1. The molecule has 6 nitrogen and oxygen atoms in total. The van der Waals surface area contributed by atoms with Crippen molar-refractivity contribution in [2.45, 2.75) is 43.7 Å². The van der Waals surface area contributed by atoms with Gasteiger partial charge in [-0.25, -0.2) is 0 Å². The number of benzene rings is 1. The van der Waals surface area contributed by atoms with Crippen LogP contribution in [0.5, 0.6) is 0 Å². The van der Waals surface area contributed by atoms with E-state index in [1.807, 2.05) is 24.3 Å². The van der Waals surface area contributed by atoms with Crippen molar-refractivity contribution in [2.75, 3.05) is 33.4 Å². The summed E-state index contributed by atoms with van der Waals surface area (Å²) in [5.41, 5.74) is 1.98. The van der Waals surface area contributed by atoms with Crippen molar-refractivity contribution in [1.82, 2.24) is 9.80 Å². The standard InChI is InChI=1S/C23H28N2O4/c1-29-12-4-5-16-8-10-17(11-9-16)22-19-13-24(23(28)18-6-2-3-7-18)14-21(27)25(19)20(22)15-26/h8-11,18-20,22,26H,2-3,6-7,12-15H2,1H3/t19-,20-,22+/m1/s1. The zero-order valence-corrected chi connectivity index (χ0v) is 16.8. The molecule has 1 aromatic carbocycles. The van der Waals surface area contributed by atoms with E-state index in [2.05, 4.69) is 11.8 Å². The number of aliphatic hydroxyl groups excluding tert-OH is 1. The summed E-state index contributed by atoms with van der Waals surface area (Å²) in [6, 6.07) is 7.67. The third-order valence-corrected chi connectivity index (χ3v) is 6.51. The van der Waals surface area contributed by atoms with Crippen LogP contribution in [0.25, 0.3) is 0 Å². The van der Waals surface area contributed by atoms with Gasteiger partial charge >= 0.3 is 0 Å². The summed E-state index contributed by atoms with van der Waals surface area (Å²) in [5.74, 6) is 6.17. The summed E-state index contributed by atoms with van der Waals surface area (Å²) < 4.78 is 4.95.